The van der Waals surface area contributed by atoms with Crippen LogP contribution in [0.15, 0.2) is 24.3 Å². The molecule has 1 heteroatoms. The Morgan fingerprint density at radius 2 is 1.44 bits per heavy atom. The van der Waals surface area contributed by atoms with E-state index in [1.165, 1.54) is 10.4 Å². The van der Waals surface area contributed by atoms with Crippen LogP contribution >= 0.6 is 0 Å². The van der Waals surface area contributed by atoms with E-state index < -0.39 is 0 Å². The van der Waals surface area contributed by atoms with Gasteiger partial charge in [-0.2, -0.15) is 0 Å². The van der Waals surface area contributed by atoms with Gasteiger partial charge in [0.25, 0.3) is 0 Å². The first kappa shape index (κ1) is 5.00. The highest BCUT2D eigenvalue weighted by Gasteiger charge is 1.89. The highest BCUT2D eigenvalue weighted by Crippen LogP contribution is 1.77. The highest BCUT2D eigenvalue weighted by atomic mass is 28.2. The molecular formula is C8H6Si. The first-order valence-corrected chi connectivity index (χ1v) is 4.14. The Morgan fingerprint density at radius 1 is 0.889 bits per heavy atom. The summed E-state index contributed by atoms with van der Waals surface area (Å²) in [4.78, 5) is 0. The number of rotatable bonds is 0. The van der Waals surface area contributed by atoms with Crippen LogP contribution in [0.1, 0.15) is 0 Å². The Labute approximate surface area is 56.4 Å². The second-order valence-electron chi connectivity index (χ2n) is 2.08. The minimum atomic E-state index is 0.896. The van der Waals surface area contributed by atoms with Gasteiger partial charge in [0.05, 0.1) is 0 Å². The lowest BCUT2D eigenvalue weighted by Gasteiger charge is -1.79. The van der Waals surface area contributed by atoms with Crippen molar-refractivity contribution in [2.24, 2.45) is 0 Å². The van der Waals surface area contributed by atoms with Crippen LogP contribution in [0.3, 0.4) is 0 Å². The zero-order chi connectivity index (χ0) is 6.10. The largest absolute Gasteiger partial charge is 0.102 e. The zero-order valence-electron chi connectivity index (χ0n) is 4.96. The van der Waals surface area contributed by atoms with E-state index in [-0.39, 0.29) is 0 Å². The molecule has 1 aromatic carbocycles. The Hall–Kier alpha value is -0.823. The van der Waals surface area contributed by atoms with Gasteiger partial charge in [-0.05, 0) is 10.4 Å². The van der Waals surface area contributed by atoms with Crippen molar-refractivity contribution in [2.75, 3.05) is 0 Å². The molecule has 1 heterocycles. The smallest absolute Gasteiger partial charge is 0.0861 e. The van der Waals surface area contributed by atoms with Crippen LogP contribution in [-0.2, 0) is 0 Å². The van der Waals surface area contributed by atoms with Gasteiger partial charge in [-0.25, -0.2) is 0 Å². The van der Waals surface area contributed by atoms with Gasteiger partial charge in [0.2, 0.25) is 0 Å². The monoisotopic (exact) mass is 130 g/mol. The van der Waals surface area contributed by atoms with Crippen molar-refractivity contribution in [1.82, 2.24) is 0 Å². The van der Waals surface area contributed by atoms with Gasteiger partial charge in [-0.3, -0.25) is 0 Å². The fraction of sp³-hybridized carbons (Fsp3) is 0. The molecule has 0 N–H and O–H groups in total. The van der Waals surface area contributed by atoms with Crippen molar-refractivity contribution >= 4 is 20.9 Å². The van der Waals surface area contributed by atoms with Crippen molar-refractivity contribution in [3.8, 4) is 0 Å². The van der Waals surface area contributed by atoms with Crippen LogP contribution in [0.4, 0.5) is 0 Å². The third-order valence-electron chi connectivity index (χ3n) is 1.47. The van der Waals surface area contributed by atoms with Crippen LogP contribution in [0.25, 0.3) is 11.4 Å². The first-order valence-electron chi connectivity index (χ1n) is 2.98. The Bertz CT molecular complexity index is 292. The van der Waals surface area contributed by atoms with Crippen molar-refractivity contribution < 1.29 is 0 Å². The summed E-state index contributed by atoms with van der Waals surface area (Å²) in [5, 5.41) is 2.80. The van der Waals surface area contributed by atoms with Gasteiger partial charge in [0.1, 0.15) is 9.52 Å². The van der Waals surface area contributed by atoms with Gasteiger partial charge in [0, 0.05) is 0 Å². The molecule has 0 bridgehead atoms. The van der Waals surface area contributed by atoms with E-state index in [4.69, 9.17) is 0 Å². The maximum atomic E-state index is 2.27. The summed E-state index contributed by atoms with van der Waals surface area (Å²) in [7, 11) is 0.896. The first-order chi connectivity index (χ1) is 4.47. The number of hydrogen-bond acceptors (Lipinski definition) is 0. The van der Waals surface area contributed by atoms with E-state index in [1.54, 1.807) is 0 Å². The van der Waals surface area contributed by atoms with Gasteiger partial charge >= 0.3 is 0 Å². The Morgan fingerprint density at radius 3 is 2.00 bits per heavy atom. The predicted octanol–water partition coefficient (Wildman–Crippen LogP) is -0.120. The molecule has 0 fully saturated rings. The summed E-state index contributed by atoms with van der Waals surface area (Å²) in [6.07, 6.45) is 0. The summed E-state index contributed by atoms with van der Waals surface area (Å²) < 4.78 is 0. The van der Waals surface area contributed by atoms with E-state index in [0.29, 0.717) is 0 Å². The molecule has 0 aliphatic carbocycles. The van der Waals surface area contributed by atoms with Crippen LogP contribution in [-0.4, -0.2) is 9.52 Å². The van der Waals surface area contributed by atoms with Crippen LogP contribution in [0.5, 0.6) is 0 Å². The molecule has 1 aliphatic heterocycles. The minimum Gasteiger partial charge on any atom is -0.0861 e. The van der Waals surface area contributed by atoms with E-state index in [2.05, 4.69) is 35.7 Å². The van der Waals surface area contributed by atoms with Gasteiger partial charge in [0.15, 0.2) is 0 Å². The molecule has 0 amide bonds. The molecule has 0 saturated carbocycles. The SMILES string of the molecule is C1=c2ccccc2=C[Si]1. The highest BCUT2D eigenvalue weighted by molar-refractivity contribution is 6.68. The quantitative estimate of drug-likeness (QED) is 0.430. The topological polar surface area (TPSA) is 0 Å². The molecule has 0 nitrogen and oxygen atoms in total. The molecule has 2 radical (unpaired) electrons. The summed E-state index contributed by atoms with van der Waals surface area (Å²) in [6, 6.07) is 8.48. The molecule has 9 heavy (non-hydrogen) atoms. The third kappa shape index (κ3) is 0.735. The molecule has 1 aliphatic rings. The predicted molar refractivity (Wildman–Crippen MR) is 40.4 cm³/mol. The number of benzene rings is 1. The summed E-state index contributed by atoms with van der Waals surface area (Å²) in [5.41, 5.74) is 4.55. The molecule has 0 unspecified atom stereocenters. The zero-order valence-corrected chi connectivity index (χ0v) is 5.96. The maximum absolute atomic E-state index is 2.27. The fourth-order valence-electron chi connectivity index (χ4n) is 0.995. The lowest BCUT2D eigenvalue weighted by molar-refractivity contribution is 1.55. The molecule has 0 saturated heterocycles. The number of hydrogen-bond donors (Lipinski definition) is 0. The van der Waals surface area contributed by atoms with E-state index in [0.717, 1.165) is 9.52 Å². The Balaban J connectivity index is 2.97. The van der Waals surface area contributed by atoms with Gasteiger partial charge in [-0.1, -0.05) is 35.7 Å². The van der Waals surface area contributed by atoms with Crippen LogP contribution < -0.4 is 10.4 Å². The number of fused-ring (bicyclic) bond motifs is 1. The third-order valence-corrected chi connectivity index (χ3v) is 2.43. The summed E-state index contributed by atoms with van der Waals surface area (Å²) in [6.45, 7) is 0. The van der Waals surface area contributed by atoms with Crippen molar-refractivity contribution in [1.29, 1.82) is 0 Å². The molecule has 1 aromatic rings. The van der Waals surface area contributed by atoms with Crippen LogP contribution in [0.2, 0.25) is 0 Å². The lowest BCUT2D eigenvalue weighted by atomic mass is 10.3. The minimum absolute atomic E-state index is 0.896. The van der Waals surface area contributed by atoms with Gasteiger partial charge in [-0.15, -0.1) is 0 Å². The fourth-order valence-corrected chi connectivity index (χ4v) is 1.96. The molecule has 0 atom stereocenters. The molecule has 0 aromatic heterocycles. The van der Waals surface area contributed by atoms with Crippen molar-refractivity contribution in [3.05, 3.63) is 34.7 Å². The average Bonchev–Trinajstić information content (AvgIpc) is 2.33. The molecule has 0 spiro atoms. The standard InChI is InChI=1S/C8H6Si/c1-2-4-8-6-9-5-7(8)3-1/h1-6H. The van der Waals surface area contributed by atoms with E-state index in [1.807, 2.05) is 0 Å². The summed E-state index contributed by atoms with van der Waals surface area (Å²) >= 11 is 0. The van der Waals surface area contributed by atoms with Crippen molar-refractivity contribution in [3.63, 3.8) is 0 Å². The molecule has 42 valence electrons. The van der Waals surface area contributed by atoms with E-state index >= 15 is 0 Å². The van der Waals surface area contributed by atoms with Crippen molar-refractivity contribution in [2.45, 2.75) is 0 Å². The van der Waals surface area contributed by atoms with Crippen LogP contribution in [0, 0.1) is 0 Å². The normalized spacial score (nSPS) is 13.8. The summed E-state index contributed by atoms with van der Waals surface area (Å²) in [5.74, 6) is 0. The molecule has 2 rings (SSSR count). The molecular weight excluding hydrogens is 124 g/mol. The maximum Gasteiger partial charge on any atom is 0.102 e. The second-order valence-corrected chi connectivity index (χ2v) is 2.99. The average molecular weight is 130 g/mol. The lowest BCUT2D eigenvalue weighted by Crippen LogP contribution is -2.19. The Kier molecular flexibility index (Phi) is 1.03. The van der Waals surface area contributed by atoms with E-state index in [9.17, 15) is 0 Å². The second kappa shape index (κ2) is 1.85. The van der Waals surface area contributed by atoms with Gasteiger partial charge < -0.3 is 0 Å².